The van der Waals surface area contributed by atoms with Gasteiger partial charge in [0.25, 0.3) is 6.01 Å². The van der Waals surface area contributed by atoms with Crippen LogP contribution in [-0.4, -0.2) is 37.3 Å². The molecule has 1 saturated heterocycles. The van der Waals surface area contributed by atoms with E-state index in [-0.39, 0.29) is 6.10 Å². The van der Waals surface area contributed by atoms with Crippen molar-refractivity contribution in [2.45, 2.75) is 45.9 Å². The van der Waals surface area contributed by atoms with Crippen molar-refractivity contribution in [2.24, 2.45) is 5.92 Å². The fraction of sp³-hybridized carbons (Fsp3) is 0.786. The molecule has 1 aromatic rings. The molecule has 108 valence electrons. The largest absolute Gasteiger partial charge is 0.432 e. The van der Waals surface area contributed by atoms with Gasteiger partial charge in [-0.2, -0.15) is 4.98 Å². The Morgan fingerprint density at radius 3 is 3.05 bits per heavy atom. The van der Waals surface area contributed by atoms with Gasteiger partial charge in [0, 0.05) is 32.8 Å². The van der Waals surface area contributed by atoms with Crippen LogP contribution in [0.1, 0.15) is 32.9 Å². The molecule has 2 atom stereocenters. The Balaban J connectivity index is 1.94. The van der Waals surface area contributed by atoms with E-state index in [2.05, 4.69) is 36.0 Å². The summed E-state index contributed by atoms with van der Waals surface area (Å²) in [5.74, 6) is 0.596. The molecule has 5 heteroatoms. The molecule has 0 saturated carbocycles. The summed E-state index contributed by atoms with van der Waals surface area (Å²) < 4.78 is 11.1. The van der Waals surface area contributed by atoms with Crippen molar-refractivity contribution in [1.29, 1.82) is 0 Å². The van der Waals surface area contributed by atoms with Crippen LogP contribution in [0.2, 0.25) is 0 Å². The first-order valence-corrected chi connectivity index (χ1v) is 7.05. The first-order chi connectivity index (χ1) is 9.10. The summed E-state index contributed by atoms with van der Waals surface area (Å²) in [6.07, 6.45) is 3.11. The van der Waals surface area contributed by atoms with Crippen LogP contribution in [0.3, 0.4) is 0 Å². The van der Waals surface area contributed by atoms with Crippen molar-refractivity contribution >= 4 is 6.01 Å². The minimum Gasteiger partial charge on any atom is -0.432 e. The Kier molecular flexibility index (Phi) is 4.82. The molecule has 5 nitrogen and oxygen atoms in total. The summed E-state index contributed by atoms with van der Waals surface area (Å²) in [7, 11) is 1.78. The predicted octanol–water partition coefficient (Wildman–Crippen LogP) is 2.03. The predicted molar refractivity (Wildman–Crippen MR) is 75.3 cm³/mol. The van der Waals surface area contributed by atoms with Gasteiger partial charge in [0.2, 0.25) is 0 Å². The van der Waals surface area contributed by atoms with Gasteiger partial charge in [-0.1, -0.05) is 20.8 Å². The smallest absolute Gasteiger partial charge is 0.297 e. The minimum atomic E-state index is 0.262. The Morgan fingerprint density at radius 2 is 2.37 bits per heavy atom. The number of rotatable bonds is 5. The number of methoxy groups -OCH3 is 1. The van der Waals surface area contributed by atoms with Crippen LogP contribution >= 0.6 is 0 Å². The molecular formula is C14H25N3O2. The van der Waals surface area contributed by atoms with E-state index in [9.17, 15) is 0 Å². The van der Waals surface area contributed by atoms with Crippen molar-refractivity contribution in [1.82, 2.24) is 10.3 Å². The summed E-state index contributed by atoms with van der Waals surface area (Å²) in [6, 6.07) is 1.17. The third-order valence-electron chi connectivity index (χ3n) is 3.69. The number of nitrogens with zero attached hydrogens (tertiary/aromatic N) is 2. The van der Waals surface area contributed by atoms with E-state index < -0.39 is 0 Å². The molecule has 2 unspecified atom stereocenters. The number of ether oxygens (including phenoxy) is 1. The molecule has 1 N–H and O–H groups in total. The van der Waals surface area contributed by atoms with Crippen molar-refractivity contribution < 1.29 is 9.15 Å². The molecule has 1 aliphatic rings. The van der Waals surface area contributed by atoms with E-state index in [0.717, 1.165) is 37.8 Å². The summed E-state index contributed by atoms with van der Waals surface area (Å²) >= 11 is 0. The van der Waals surface area contributed by atoms with Gasteiger partial charge in [0.1, 0.15) is 6.26 Å². The van der Waals surface area contributed by atoms with Gasteiger partial charge >= 0.3 is 0 Å². The van der Waals surface area contributed by atoms with Crippen LogP contribution in [-0.2, 0) is 11.3 Å². The zero-order valence-electron chi connectivity index (χ0n) is 12.3. The molecule has 2 rings (SSSR count). The van der Waals surface area contributed by atoms with Crippen LogP contribution in [0.5, 0.6) is 0 Å². The number of hydrogen-bond donors (Lipinski definition) is 1. The molecule has 1 fully saturated rings. The lowest BCUT2D eigenvalue weighted by molar-refractivity contribution is 0.0486. The van der Waals surface area contributed by atoms with E-state index in [0.29, 0.717) is 12.0 Å². The maximum Gasteiger partial charge on any atom is 0.297 e. The summed E-state index contributed by atoms with van der Waals surface area (Å²) in [5, 5.41) is 3.34. The average Bonchev–Trinajstić information content (AvgIpc) is 2.86. The third kappa shape index (κ3) is 3.70. The van der Waals surface area contributed by atoms with Crippen LogP contribution in [0.15, 0.2) is 10.7 Å². The topological polar surface area (TPSA) is 50.5 Å². The van der Waals surface area contributed by atoms with Gasteiger partial charge < -0.3 is 19.4 Å². The zero-order chi connectivity index (χ0) is 13.8. The van der Waals surface area contributed by atoms with Crippen LogP contribution in [0.4, 0.5) is 6.01 Å². The van der Waals surface area contributed by atoms with E-state index in [4.69, 9.17) is 9.15 Å². The van der Waals surface area contributed by atoms with Crippen molar-refractivity contribution in [2.75, 3.05) is 25.1 Å². The van der Waals surface area contributed by atoms with E-state index in [1.165, 1.54) is 0 Å². The van der Waals surface area contributed by atoms with Crippen LogP contribution < -0.4 is 10.2 Å². The van der Waals surface area contributed by atoms with Gasteiger partial charge in [-0.3, -0.25) is 0 Å². The zero-order valence-corrected chi connectivity index (χ0v) is 12.3. The number of piperidine rings is 1. The first-order valence-electron chi connectivity index (χ1n) is 7.05. The second-order valence-electron chi connectivity index (χ2n) is 5.64. The summed E-state index contributed by atoms with van der Waals surface area (Å²) in [4.78, 5) is 6.71. The molecule has 19 heavy (non-hydrogen) atoms. The van der Waals surface area contributed by atoms with Gasteiger partial charge in [-0.05, 0) is 12.3 Å². The summed E-state index contributed by atoms with van der Waals surface area (Å²) in [5.41, 5.74) is 0.955. The van der Waals surface area contributed by atoms with Crippen molar-refractivity contribution in [3.63, 3.8) is 0 Å². The summed E-state index contributed by atoms with van der Waals surface area (Å²) in [6.45, 7) is 9.07. The second kappa shape index (κ2) is 6.39. The van der Waals surface area contributed by atoms with Gasteiger partial charge in [0.05, 0.1) is 11.8 Å². The standard InChI is InChI=1S/C14H25N3O2/c1-10(2)15-7-12-9-19-14(16-12)17-6-5-11(3)13(8-17)18-4/h9-11,13,15H,5-8H2,1-4H3. The quantitative estimate of drug-likeness (QED) is 0.884. The molecule has 0 aromatic carbocycles. The fourth-order valence-electron chi connectivity index (χ4n) is 2.35. The van der Waals surface area contributed by atoms with E-state index in [1.54, 1.807) is 13.4 Å². The molecule has 0 spiro atoms. The number of nitrogens with one attached hydrogen (secondary N) is 1. The molecule has 0 amide bonds. The second-order valence-corrected chi connectivity index (χ2v) is 5.64. The Labute approximate surface area is 115 Å². The van der Waals surface area contributed by atoms with Crippen LogP contribution in [0.25, 0.3) is 0 Å². The number of hydrogen-bond acceptors (Lipinski definition) is 5. The molecule has 1 aliphatic heterocycles. The minimum absolute atomic E-state index is 0.262. The van der Waals surface area contributed by atoms with Gasteiger partial charge in [-0.25, -0.2) is 0 Å². The van der Waals surface area contributed by atoms with Crippen molar-refractivity contribution in [3.8, 4) is 0 Å². The van der Waals surface area contributed by atoms with E-state index >= 15 is 0 Å². The van der Waals surface area contributed by atoms with Crippen LogP contribution in [0, 0.1) is 5.92 Å². The normalized spacial score (nSPS) is 24.2. The lowest BCUT2D eigenvalue weighted by atomic mass is 9.96. The molecule has 0 bridgehead atoms. The lowest BCUT2D eigenvalue weighted by Gasteiger charge is -2.35. The Morgan fingerprint density at radius 1 is 1.58 bits per heavy atom. The highest BCUT2D eigenvalue weighted by molar-refractivity contribution is 5.28. The molecule has 1 aromatic heterocycles. The molecule has 2 heterocycles. The van der Waals surface area contributed by atoms with Gasteiger partial charge in [-0.15, -0.1) is 0 Å². The average molecular weight is 267 g/mol. The molecular weight excluding hydrogens is 242 g/mol. The highest BCUT2D eigenvalue weighted by atomic mass is 16.5. The third-order valence-corrected chi connectivity index (χ3v) is 3.69. The molecule has 0 aliphatic carbocycles. The monoisotopic (exact) mass is 267 g/mol. The fourth-order valence-corrected chi connectivity index (χ4v) is 2.35. The van der Waals surface area contributed by atoms with Crippen molar-refractivity contribution in [3.05, 3.63) is 12.0 Å². The maximum absolute atomic E-state index is 5.58. The highest BCUT2D eigenvalue weighted by Gasteiger charge is 2.28. The maximum atomic E-state index is 5.58. The number of anilines is 1. The Bertz CT molecular complexity index is 392. The van der Waals surface area contributed by atoms with E-state index in [1.807, 2.05) is 0 Å². The molecule has 0 radical (unpaired) electrons. The van der Waals surface area contributed by atoms with Gasteiger partial charge in [0.15, 0.2) is 0 Å². The lowest BCUT2D eigenvalue weighted by Crippen LogP contribution is -2.44. The first kappa shape index (κ1) is 14.3. The Hall–Kier alpha value is -1.07. The SMILES string of the molecule is COC1CN(c2nc(CNC(C)C)co2)CCC1C. The number of oxazole rings is 1. The number of aromatic nitrogens is 1. The highest BCUT2D eigenvalue weighted by Crippen LogP contribution is 2.24.